The highest BCUT2D eigenvalue weighted by Crippen LogP contribution is 2.42. The second kappa shape index (κ2) is 10.2. The molecule has 0 unspecified atom stereocenters. The Morgan fingerprint density at radius 2 is 1.73 bits per heavy atom. The van der Waals surface area contributed by atoms with E-state index in [-0.39, 0.29) is 4.90 Å². The van der Waals surface area contributed by atoms with Gasteiger partial charge in [-0.1, -0.05) is 12.1 Å². The van der Waals surface area contributed by atoms with Crippen LogP contribution < -0.4 is 4.90 Å². The number of rotatable bonds is 5. The third kappa shape index (κ3) is 4.45. The van der Waals surface area contributed by atoms with E-state index >= 15 is 0 Å². The van der Waals surface area contributed by atoms with Crippen molar-refractivity contribution in [2.45, 2.75) is 11.8 Å². The Morgan fingerprint density at radius 1 is 0.950 bits per heavy atom. The lowest BCUT2D eigenvalue weighted by atomic mass is 10.1. The zero-order valence-electron chi connectivity index (χ0n) is 22.0. The van der Waals surface area contributed by atoms with Gasteiger partial charge in [-0.25, -0.2) is 23.4 Å². The van der Waals surface area contributed by atoms with E-state index in [0.717, 1.165) is 61.7 Å². The minimum absolute atomic E-state index is 0.287. The molecule has 206 valence electrons. The summed E-state index contributed by atoms with van der Waals surface area (Å²) in [6.07, 6.45) is 3.67. The van der Waals surface area contributed by atoms with Crippen molar-refractivity contribution >= 4 is 48.4 Å². The maximum Gasteiger partial charge on any atom is 0.243 e. The summed E-state index contributed by atoms with van der Waals surface area (Å²) >= 11 is 1.60. The molecule has 0 radical (unpaired) electrons. The van der Waals surface area contributed by atoms with Crippen LogP contribution in [-0.4, -0.2) is 85.3 Å². The minimum Gasteiger partial charge on any atom is -0.379 e. The Labute approximate surface area is 235 Å². The second-order valence-electron chi connectivity index (χ2n) is 9.89. The molecule has 0 saturated carbocycles. The van der Waals surface area contributed by atoms with Crippen LogP contribution in [0.4, 0.5) is 5.82 Å². The van der Waals surface area contributed by atoms with Crippen LogP contribution in [0.15, 0.2) is 53.7 Å². The van der Waals surface area contributed by atoms with Crippen molar-refractivity contribution in [3.8, 4) is 21.8 Å². The highest BCUT2D eigenvalue weighted by Gasteiger charge is 2.28. The van der Waals surface area contributed by atoms with Gasteiger partial charge < -0.3 is 19.4 Å². The predicted octanol–water partition coefficient (Wildman–Crippen LogP) is 4.07. The smallest absolute Gasteiger partial charge is 0.243 e. The number of pyridine rings is 1. The molecule has 2 saturated heterocycles. The number of aromatic amines is 1. The number of fused-ring (bicyclic) bond motifs is 2. The topological polar surface area (TPSA) is 114 Å². The van der Waals surface area contributed by atoms with E-state index in [1.165, 1.54) is 4.31 Å². The van der Waals surface area contributed by atoms with E-state index in [0.29, 0.717) is 45.3 Å². The van der Waals surface area contributed by atoms with Crippen molar-refractivity contribution in [2.75, 3.05) is 57.5 Å². The molecule has 6 heterocycles. The third-order valence-corrected chi connectivity index (χ3v) is 10.6. The molecule has 5 aromatic rings. The van der Waals surface area contributed by atoms with Gasteiger partial charge in [-0.05, 0) is 42.3 Å². The van der Waals surface area contributed by atoms with Crippen LogP contribution in [0.3, 0.4) is 0 Å². The molecule has 10 nitrogen and oxygen atoms in total. The van der Waals surface area contributed by atoms with E-state index in [1.54, 1.807) is 29.7 Å². The Hall–Kier alpha value is -3.42. The van der Waals surface area contributed by atoms with E-state index in [4.69, 9.17) is 19.4 Å². The lowest BCUT2D eigenvalue weighted by molar-refractivity contribution is 0.0730. The van der Waals surface area contributed by atoms with Crippen molar-refractivity contribution in [1.82, 2.24) is 24.2 Å². The Bertz CT molecular complexity index is 1820. The normalized spacial score (nSPS) is 17.2. The lowest BCUT2D eigenvalue weighted by Gasteiger charge is -2.28. The highest BCUT2D eigenvalue weighted by molar-refractivity contribution is 7.89. The fourth-order valence-electron chi connectivity index (χ4n) is 5.26. The Morgan fingerprint density at radius 3 is 2.52 bits per heavy atom. The fraction of sp³-hybridized carbons (Fsp3) is 0.321. The Kier molecular flexibility index (Phi) is 6.51. The largest absolute Gasteiger partial charge is 0.379 e. The average molecular weight is 577 g/mol. The van der Waals surface area contributed by atoms with Gasteiger partial charge in [-0.3, -0.25) is 0 Å². The fourth-order valence-corrected chi connectivity index (χ4v) is 7.98. The lowest BCUT2D eigenvalue weighted by Crippen LogP contribution is -2.40. The molecule has 2 fully saturated rings. The minimum atomic E-state index is -3.62. The number of morpholine rings is 2. The molecule has 7 rings (SSSR count). The molecule has 12 heteroatoms. The summed E-state index contributed by atoms with van der Waals surface area (Å²) in [4.78, 5) is 21.3. The van der Waals surface area contributed by atoms with Crippen LogP contribution in [0.2, 0.25) is 0 Å². The van der Waals surface area contributed by atoms with Gasteiger partial charge in [0.05, 0.1) is 41.5 Å². The van der Waals surface area contributed by atoms with Crippen molar-refractivity contribution in [1.29, 1.82) is 0 Å². The summed E-state index contributed by atoms with van der Waals surface area (Å²) in [6, 6.07) is 11.2. The molecule has 2 aliphatic heterocycles. The van der Waals surface area contributed by atoms with Gasteiger partial charge in [0.2, 0.25) is 10.0 Å². The van der Waals surface area contributed by atoms with Crippen molar-refractivity contribution < 1.29 is 17.9 Å². The number of nitrogens with one attached hydrogen (secondary N) is 1. The van der Waals surface area contributed by atoms with E-state index in [2.05, 4.69) is 14.9 Å². The number of hydrogen-bond donors (Lipinski definition) is 1. The number of sulfonamides is 1. The van der Waals surface area contributed by atoms with Gasteiger partial charge in [0.1, 0.15) is 5.65 Å². The predicted molar refractivity (Wildman–Crippen MR) is 155 cm³/mol. The highest BCUT2D eigenvalue weighted by atomic mass is 32.2. The molecule has 1 N–H and O–H groups in total. The van der Waals surface area contributed by atoms with Crippen molar-refractivity contribution in [3.63, 3.8) is 0 Å². The molecule has 4 aromatic heterocycles. The molecule has 0 atom stereocenters. The molecule has 2 aliphatic rings. The molecular formula is C28H28N6O4S2. The van der Waals surface area contributed by atoms with Crippen LogP contribution >= 0.6 is 11.3 Å². The molecule has 0 aliphatic carbocycles. The summed E-state index contributed by atoms with van der Waals surface area (Å²) in [5.41, 5.74) is 4.37. The summed E-state index contributed by atoms with van der Waals surface area (Å²) in [6.45, 7) is 6.33. The monoisotopic (exact) mass is 576 g/mol. The zero-order valence-corrected chi connectivity index (χ0v) is 23.6. The molecule has 0 amide bonds. The number of thiophene rings is 1. The summed E-state index contributed by atoms with van der Waals surface area (Å²) in [5.74, 6) is 1.48. The SMILES string of the molecule is Cc1c(-c2cccc(S(=O)(=O)N3CCOCC3)c2)sc2c(N3CCOCC3)nc(-c3cnc4[nH]ccc4c3)nc12. The molecule has 1 aromatic carbocycles. The van der Waals surface area contributed by atoms with Gasteiger partial charge in [0, 0.05) is 54.4 Å². The number of anilines is 1. The van der Waals surface area contributed by atoms with Crippen LogP contribution in [0, 0.1) is 6.92 Å². The summed E-state index contributed by atoms with van der Waals surface area (Å²) in [5, 5.41) is 0.996. The summed E-state index contributed by atoms with van der Waals surface area (Å²) < 4.78 is 40.2. The number of nitrogens with zero attached hydrogens (tertiary/aromatic N) is 5. The van der Waals surface area contributed by atoms with Crippen LogP contribution in [0.1, 0.15) is 5.56 Å². The quantitative estimate of drug-likeness (QED) is 0.333. The number of aromatic nitrogens is 4. The van der Waals surface area contributed by atoms with Crippen molar-refractivity contribution in [2.24, 2.45) is 0 Å². The van der Waals surface area contributed by atoms with E-state index in [9.17, 15) is 8.42 Å². The van der Waals surface area contributed by atoms with Crippen LogP contribution in [0.5, 0.6) is 0 Å². The van der Waals surface area contributed by atoms with Gasteiger partial charge >= 0.3 is 0 Å². The zero-order chi connectivity index (χ0) is 27.3. The molecule has 40 heavy (non-hydrogen) atoms. The first kappa shape index (κ1) is 25.5. The van der Waals surface area contributed by atoms with E-state index in [1.807, 2.05) is 37.4 Å². The Balaban J connectivity index is 1.36. The van der Waals surface area contributed by atoms with Gasteiger partial charge in [0.25, 0.3) is 0 Å². The first-order chi connectivity index (χ1) is 19.5. The van der Waals surface area contributed by atoms with Crippen molar-refractivity contribution in [3.05, 3.63) is 54.4 Å². The average Bonchev–Trinajstić information content (AvgIpc) is 3.61. The maximum atomic E-state index is 13.4. The maximum absolute atomic E-state index is 13.4. The first-order valence-corrected chi connectivity index (χ1v) is 15.5. The second-order valence-corrected chi connectivity index (χ2v) is 12.8. The standard InChI is InChI=1S/C28H28N6O4S2/c1-18-23-25(39-24(18)19-3-2-4-22(16-19)40(35,36)34-9-13-38-14-10-34)28(33-7-11-37-12-8-33)32-27(31-23)21-15-20-5-6-29-26(20)30-17-21/h2-6,15-17H,7-14H2,1H3,(H,29,30). The van der Waals surface area contributed by atoms with Crippen LogP contribution in [0.25, 0.3) is 43.1 Å². The number of aryl methyl sites for hydroxylation is 1. The van der Waals surface area contributed by atoms with Gasteiger partial charge in [0.15, 0.2) is 11.6 Å². The van der Waals surface area contributed by atoms with E-state index < -0.39 is 10.0 Å². The van der Waals surface area contributed by atoms with Gasteiger partial charge in [-0.2, -0.15) is 4.31 Å². The van der Waals surface area contributed by atoms with Gasteiger partial charge in [-0.15, -0.1) is 11.3 Å². The molecular weight excluding hydrogens is 548 g/mol. The number of benzene rings is 1. The number of ether oxygens (including phenoxy) is 2. The number of hydrogen-bond acceptors (Lipinski definition) is 9. The first-order valence-electron chi connectivity index (χ1n) is 13.2. The third-order valence-electron chi connectivity index (χ3n) is 7.42. The molecule has 0 spiro atoms. The molecule has 0 bridgehead atoms. The number of H-pyrrole nitrogens is 1. The summed E-state index contributed by atoms with van der Waals surface area (Å²) in [7, 11) is -3.62. The van der Waals surface area contributed by atoms with Crippen LogP contribution in [-0.2, 0) is 19.5 Å².